The minimum Gasteiger partial charge on any atom is -0.357 e. The highest BCUT2D eigenvalue weighted by molar-refractivity contribution is 5.91. The van der Waals surface area contributed by atoms with Crippen molar-refractivity contribution >= 4 is 23.3 Å². The van der Waals surface area contributed by atoms with Crippen molar-refractivity contribution in [2.75, 3.05) is 29.9 Å². The van der Waals surface area contributed by atoms with E-state index in [-0.39, 0.29) is 17.2 Å². The van der Waals surface area contributed by atoms with Gasteiger partial charge in [-0.1, -0.05) is 0 Å². The number of rotatable bonds is 6. The second kappa shape index (κ2) is 7.62. The van der Waals surface area contributed by atoms with E-state index >= 15 is 0 Å². The Morgan fingerprint density at radius 2 is 1.69 bits per heavy atom. The van der Waals surface area contributed by atoms with Gasteiger partial charge in [0.15, 0.2) is 0 Å². The van der Waals surface area contributed by atoms with Crippen LogP contribution < -0.4 is 15.5 Å². The Morgan fingerprint density at radius 3 is 2.28 bits per heavy atom. The van der Waals surface area contributed by atoms with Gasteiger partial charge in [0.1, 0.15) is 5.82 Å². The van der Waals surface area contributed by atoms with Crippen LogP contribution >= 0.6 is 0 Å². The first-order chi connectivity index (χ1) is 14.1. The van der Waals surface area contributed by atoms with E-state index in [1.165, 1.54) is 32.1 Å². The first-order valence-electron chi connectivity index (χ1n) is 11.4. The van der Waals surface area contributed by atoms with Crippen molar-refractivity contribution in [3.05, 3.63) is 18.3 Å². The third-order valence-corrected chi connectivity index (χ3v) is 7.62. The third-order valence-electron chi connectivity index (χ3n) is 7.62. The molecule has 5 aliphatic rings. The first kappa shape index (κ1) is 18.9. The highest BCUT2D eigenvalue weighted by Crippen LogP contribution is 2.60. The molecular formula is C23H32N4O2. The number of aromatic nitrogens is 1. The van der Waals surface area contributed by atoms with Gasteiger partial charge in [-0.25, -0.2) is 4.98 Å². The maximum Gasteiger partial charge on any atom is 0.226 e. The fourth-order valence-corrected chi connectivity index (χ4v) is 6.68. The summed E-state index contributed by atoms with van der Waals surface area (Å²) < 4.78 is 0. The zero-order chi connectivity index (χ0) is 19.8. The molecule has 0 unspecified atom stereocenters. The van der Waals surface area contributed by atoms with Crippen LogP contribution in [0.3, 0.4) is 0 Å². The first-order valence-corrected chi connectivity index (χ1v) is 11.4. The average molecular weight is 397 g/mol. The van der Waals surface area contributed by atoms with Gasteiger partial charge >= 0.3 is 0 Å². The Labute approximate surface area is 172 Å². The van der Waals surface area contributed by atoms with E-state index in [2.05, 4.69) is 20.5 Å². The van der Waals surface area contributed by atoms with E-state index in [0.29, 0.717) is 18.7 Å². The number of anilines is 2. The summed E-state index contributed by atoms with van der Waals surface area (Å²) in [5.41, 5.74) is 0.575. The average Bonchev–Trinajstić information content (AvgIpc) is 3.22. The Kier molecular flexibility index (Phi) is 4.96. The molecule has 1 aliphatic heterocycles. The normalized spacial score (nSPS) is 32.4. The number of hydrogen-bond donors (Lipinski definition) is 2. The van der Waals surface area contributed by atoms with Crippen molar-refractivity contribution in [2.24, 2.45) is 23.2 Å². The van der Waals surface area contributed by atoms with Crippen molar-refractivity contribution < 1.29 is 9.59 Å². The van der Waals surface area contributed by atoms with Crippen LogP contribution in [0.4, 0.5) is 11.5 Å². The summed E-state index contributed by atoms with van der Waals surface area (Å²) in [7, 11) is 0. The van der Waals surface area contributed by atoms with E-state index in [9.17, 15) is 9.59 Å². The standard InChI is InChI=1S/C23H32N4O2/c28-21(26-19-3-4-20(25-15-19)27-7-1-2-8-27)5-6-24-22(29)23-12-16-9-17(13-23)11-18(10-16)14-23/h3-4,15-18H,1-2,5-14H2,(H,24,29)(H,26,28). The fraction of sp³-hybridized carbons (Fsp3) is 0.696. The Bertz CT molecular complexity index is 734. The molecule has 0 radical (unpaired) electrons. The van der Waals surface area contributed by atoms with Crippen molar-refractivity contribution in [1.82, 2.24) is 10.3 Å². The summed E-state index contributed by atoms with van der Waals surface area (Å²) in [5, 5.41) is 5.98. The molecule has 6 rings (SSSR count). The Morgan fingerprint density at radius 1 is 1.03 bits per heavy atom. The van der Waals surface area contributed by atoms with Gasteiger partial charge in [0.2, 0.25) is 11.8 Å². The molecule has 1 aromatic heterocycles. The molecule has 0 aromatic carbocycles. The predicted molar refractivity (Wildman–Crippen MR) is 113 cm³/mol. The molecule has 4 saturated carbocycles. The molecule has 2 heterocycles. The SMILES string of the molecule is O=C(CCNC(=O)C12CC3CC(CC(C3)C1)C2)Nc1ccc(N2CCCC2)nc1. The van der Waals surface area contributed by atoms with E-state index in [4.69, 9.17) is 0 Å². The lowest BCUT2D eigenvalue weighted by molar-refractivity contribution is -0.146. The quantitative estimate of drug-likeness (QED) is 0.773. The van der Waals surface area contributed by atoms with Gasteiger partial charge in [-0.05, 0) is 81.3 Å². The van der Waals surface area contributed by atoms with Crippen molar-refractivity contribution in [1.29, 1.82) is 0 Å². The van der Waals surface area contributed by atoms with Crippen LogP contribution in [0.2, 0.25) is 0 Å². The Hall–Kier alpha value is -2.11. The van der Waals surface area contributed by atoms with Crippen molar-refractivity contribution in [2.45, 2.75) is 57.8 Å². The Balaban J connectivity index is 1.09. The molecule has 6 heteroatoms. The van der Waals surface area contributed by atoms with Gasteiger partial charge < -0.3 is 15.5 Å². The molecule has 6 nitrogen and oxygen atoms in total. The molecule has 4 bridgehead atoms. The molecule has 5 fully saturated rings. The van der Waals surface area contributed by atoms with E-state index in [0.717, 1.165) is 55.9 Å². The van der Waals surface area contributed by atoms with Crippen LogP contribution in [-0.2, 0) is 9.59 Å². The summed E-state index contributed by atoms with van der Waals surface area (Å²) in [6.07, 6.45) is 11.6. The molecule has 0 spiro atoms. The van der Waals surface area contributed by atoms with E-state index in [1.54, 1.807) is 6.20 Å². The van der Waals surface area contributed by atoms with Gasteiger partial charge in [-0.15, -0.1) is 0 Å². The minimum absolute atomic E-state index is 0.0773. The highest BCUT2D eigenvalue weighted by Gasteiger charge is 2.54. The number of hydrogen-bond acceptors (Lipinski definition) is 4. The lowest BCUT2D eigenvalue weighted by atomic mass is 9.49. The summed E-state index contributed by atoms with van der Waals surface area (Å²) in [5.74, 6) is 3.36. The summed E-state index contributed by atoms with van der Waals surface area (Å²) >= 11 is 0. The molecule has 29 heavy (non-hydrogen) atoms. The largest absolute Gasteiger partial charge is 0.357 e. The van der Waals surface area contributed by atoms with Crippen LogP contribution in [0.15, 0.2) is 18.3 Å². The van der Waals surface area contributed by atoms with Gasteiger partial charge in [-0.2, -0.15) is 0 Å². The zero-order valence-corrected chi connectivity index (χ0v) is 17.2. The maximum absolute atomic E-state index is 12.9. The summed E-state index contributed by atoms with van der Waals surface area (Å²) in [4.78, 5) is 32.0. The number of nitrogens with zero attached hydrogens (tertiary/aromatic N) is 2. The van der Waals surface area contributed by atoms with Crippen LogP contribution in [-0.4, -0.2) is 36.4 Å². The molecule has 2 N–H and O–H groups in total. The minimum atomic E-state index is -0.138. The smallest absolute Gasteiger partial charge is 0.226 e. The molecule has 1 saturated heterocycles. The molecule has 2 amide bonds. The number of amides is 2. The maximum atomic E-state index is 12.9. The van der Waals surface area contributed by atoms with Gasteiger partial charge in [-0.3, -0.25) is 9.59 Å². The second-order valence-electron chi connectivity index (χ2n) is 9.85. The van der Waals surface area contributed by atoms with Crippen molar-refractivity contribution in [3.8, 4) is 0 Å². The van der Waals surface area contributed by atoms with Gasteiger partial charge in [0, 0.05) is 31.5 Å². The fourth-order valence-electron chi connectivity index (χ4n) is 6.68. The molecular weight excluding hydrogens is 364 g/mol. The molecule has 4 aliphatic carbocycles. The van der Waals surface area contributed by atoms with E-state index in [1.807, 2.05) is 12.1 Å². The predicted octanol–water partition coefficient (Wildman–Crippen LogP) is 3.34. The number of pyridine rings is 1. The van der Waals surface area contributed by atoms with Crippen LogP contribution in [0.1, 0.15) is 57.8 Å². The molecule has 0 atom stereocenters. The summed E-state index contributed by atoms with van der Waals surface area (Å²) in [6.45, 7) is 2.52. The van der Waals surface area contributed by atoms with Crippen LogP contribution in [0, 0.1) is 23.2 Å². The lowest BCUT2D eigenvalue weighted by Gasteiger charge is -2.55. The highest BCUT2D eigenvalue weighted by atomic mass is 16.2. The number of carbonyl (C=O) groups is 2. The molecule has 1 aromatic rings. The zero-order valence-electron chi connectivity index (χ0n) is 17.2. The van der Waals surface area contributed by atoms with Gasteiger partial charge in [0.05, 0.1) is 11.9 Å². The lowest BCUT2D eigenvalue weighted by Crippen LogP contribution is -2.53. The third kappa shape index (κ3) is 3.86. The number of nitrogens with one attached hydrogen (secondary N) is 2. The summed E-state index contributed by atoms with van der Waals surface area (Å²) in [6, 6.07) is 3.88. The van der Waals surface area contributed by atoms with Crippen LogP contribution in [0.5, 0.6) is 0 Å². The molecule has 156 valence electrons. The monoisotopic (exact) mass is 396 g/mol. The van der Waals surface area contributed by atoms with Gasteiger partial charge in [0.25, 0.3) is 0 Å². The topological polar surface area (TPSA) is 74.3 Å². The van der Waals surface area contributed by atoms with E-state index < -0.39 is 0 Å². The second-order valence-corrected chi connectivity index (χ2v) is 9.85. The number of carbonyl (C=O) groups excluding carboxylic acids is 2. The van der Waals surface area contributed by atoms with Crippen LogP contribution in [0.25, 0.3) is 0 Å². The van der Waals surface area contributed by atoms with Crippen molar-refractivity contribution in [3.63, 3.8) is 0 Å².